The van der Waals surface area contributed by atoms with Crippen LogP contribution in [0.25, 0.3) is 33.4 Å². The summed E-state index contributed by atoms with van der Waals surface area (Å²) < 4.78 is 0. The fourth-order valence-electron chi connectivity index (χ4n) is 3.98. The molecular formula is C24H21N5. The van der Waals surface area contributed by atoms with Crippen LogP contribution in [0, 0.1) is 0 Å². The molecule has 0 fully saturated rings. The Kier molecular flexibility index (Phi) is 3.95. The van der Waals surface area contributed by atoms with E-state index in [1.807, 2.05) is 24.4 Å². The van der Waals surface area contributed by atoms with Gasteiger partial charge in [-0.15, -0.1) is 0 Å². The Morgan fingerprint density at radius 2 is 1.86 bits per heavy atom. The van der Waals surface area contributed by atoms with Crippen LogP contribution in [-0.2, 0) is 0 Å². The van der Waals surface area contributed by atoms with Gasteiger partial charge in [-0.2, -0.15) is 0 Å². The normalized spacial score (nSPS) is 13.5. The minimum Gasteiger partial charge on any atom is -0.383 e. The Hall–Kier alpha value is -3.86. The molecule has 5 rings (SSSR count). The van der Waals surface area contributed by atoms with Crippen molar-refractivity contribution in [3.63, 3.8) is 0 Å². The molecular weight excluding hydrogens is 358 g/mol. The predicted molar refractivity (Wildman–Crippen MR) is 120 cm³/mol. The van der Waals surface area contributed by atoms with E-state index in [-0.39, 0.29) is 0 Å². The first-order valence-corrected chi connectivity index (χ1v) is 9.64. The fraction of sp³-hybridized carbons (Fsp3) is 0.0833. The van der Waals surface area contributed by atoms with Gasteiger partial charge in [0.25, 0.3) is 0 Å². The number of aromatic nitrogens is 3. The fourth-order valence-corrected chi connectivity index (χ4v) is 3.98. The Bertz CT molecular complexity index is 1270. The zero-order chi connectivity index (χ0) is 20.0. The number of nitrogens with zero attached hydrogens (tertiary/aromatic N) is 3. The molecule has 29 heavy (non-hydrogen) atoms. The molecule has 142 valence electrons. The van der Waals surface area contributed by atoms with E-state index in [4.69, 9.17) is 5.73 Å². The van der Waals surface area contributed by atoms with Crippen molar-refractivity contribution in [2.45, 2.75) is 13.3 Å². The highest BCUT2D eigenvalue weighted by molar-refractivity contribution is 6.01. The molecule has 5 nitrogen and oxygen atoms in total. The van der Waals surface area contributed by atoms with Gasteiger partial charge in [-0.3, -0.25) is 0 Å². The van der Waals surface area contributed by atoms with Gasteiger partial charge in [0.15, 0.2) is 0 Å². The van der Waals surface area contributed by atoms with Crippen molar-refractivity contribution in [1.82, 2.24) is 15.0 Å². The summed E-state index contributed by atoms with van der Waals surface area (Å²) >= 11 is 0. The van der Waals surface area contributed by atoms with Gasteiger partial charge in [0.2, 0.25) is 0 Å². The van der Waals surface area contributed by atoms with Gasteiger partial charge >= 0.3 is 0 Å². The summed E-state index contributed by atoms with van der Waals surface area (Å²) in [6, 6.07) is 16.8. The molecule has 3 N–H and O–H groups in total. The number of anilines is 2. The van der Waals surface area contributed by atoms with Crippen LogP contribution < -0.4 is 10.6 Å². The van der Waals surface area contributed by atoms with Crippen molar-refractivity contribution < 1.29 is 0 Å². The maximum absolute atomic E-state index is 6.14. The number of hydrogen-bond donors (Lipinski definition) is 2. The van der Waals surface area contributed by atoms with E-state index < -0.39 is 0 Å². The summed E-state index contributed by atoms with van der Waals surface area (Å²) in [5, 5.41) is 0.847. The predicted octanol–water partition coefficient (Wildman–Crippen LogP) is 5.45. The topological polar surface area (TPSA) is 70.8 Å². The first-order valence-electron chi connectivity index (χ1n) is 9.64. The van der Waals surface area contributed by atoms with Crippen LogP contribution in [0.3, 0.4) is 0 Å². The number of fused-ring (bicyclic) bond motifs is 2. The number of nitrogen functional groups attached to an aromatic ring is 1. The van der Waals surface area contributed by atoms with Crippen molar-refractivity contribution in [2.75, 3.05) is 10.6 Å². The number of allylic oxidation sites excluding steroid dienone is 1. The first kappa shape index (κ1) is 17.3. The molecule has 1 aliphatic rings. The summed E-state index contributed by atoms with van der Waals surface area (Å²) in [4.78, 5) is 13.8. The van der Waals surface area contributed by atoms with Crippen LogP contribution in [0.4, 0.5) is 11.5 Å². The highest BCUT2D eigenvalue weighted by Gasteiger charge is 2.22. The molecule has 0 radical (unpaired) electrons. The average molecular weight is 379 g/mol. The smallest absolute Gasteiger partial charge is 0.143 e. The summed E-state index contributed by atoms with van der Waals surface area (Å²) in [6.07, 6.45) is 6.55. The van der Waals surface area contributed by atoms with Crippen molar-refractivity contribution in [1.29, 1.82) is 0 Å². The van der Waals surface area contributed by atoms with Crippen molar-refractivity contribution in [3.8, 4) is 11.1 Å². The Morgan fingerprint density at radius 1 is 1.03 bits per heavy atom. The lowest BCUT2D eigenvalue weighted by atomic mass is 9.90. The lowest BCUT2D eigenvalue weighted by Crippen LogP contribution is -2.19. The Morgan fingerprint density at radius 3 is 2.66 bits per heavy atom. The standard InChI is InChI=1S/C24H21N5/c1-3-16-13-29(18-7-5-4-6-8-18)15(2)20-11-17(9-10-19(16)20)21-12-26-24-22(21)23(25)27-14-28-24/h4-14H,2-3H2,1H3,(H3,25,26,27,28). The number of para-hydroxylation sites is 1. The van der Waals surface area contributed by atoms with E-state index in [2.05, 4.69) is 69.9 Å². The molecule has 0 bridgehead atoms. The lowest BCUT2D eigenvalue weighted by Gasteiger charge is -2.31. The van der Waals surface area contributed by atoms with Gasteiger partial charge in [-0.25, -0.2) is 9.97 Å². The molecule has 3 heterocycles. The van der Waals surface area contributed by atoms with Gasteiger partial charge in [0.05, 0.1) is 5.39 Å². The molecule has 0 atom stereocenters. The molecule has 0 spiro atoms. The van der Waals surface area contributed by atoms with Crippen LogP contribution in [0.2, 0.25) is 0 Å². The van der Waals surface area contributed by atoms with Crippen LogP contribution in [-0.4, -0.2) is 15.0 Å². The number of rotatable bonds is 3. The van der Waals surface area contributed by atoms with E-state index in [0.29, 0.717) is 5.82 Å². The second kappa shape index (κ2) is 6.63. The maximum atomic E-state index is 6.14. The monoisotopic (exact) mass is 379 g/mol. The molecule has 2 aromatic heterocycles. The highest BCUT2D eigenvalue weighted by atomic mass is 15.1. The van der Waals surface area contributed by atoms with Crippen LogP contribution >= 0.6 is 0 Å². The van der Waals surface area contributed by atoms with Gasteiger partial charge < -0.3 is 15.6 Å². The molecule has 0 saturated carbocycles. The second-order valence-corrected chi connectivity index (χ2v) is 7.11. The van der Waals surface area contributed by atoms with E-state index in [1.165, 1.54) is 17.5 Å². The average Bonchev–Trinajstić information content (AvgIpc) is 3.20. The van der Waals surface area contributed by atoms with Crippen molar-refractivity contribution in [2.24, 2.45) is 0 Å². The molecule has 0 amide bonds. The molecule has 5 heteroatoms. The minimum absolute atomic E-state index is 0.475. The zero-order valence-corrected chi connectivity index (χ0v) is 16.2. The molecule has 0 unspecified atom stereocenters. The third-order valence-corrected chi connectivity index (χ3v) is 5.48. The zero-order valence-electron chi connectivity index (χ0n) is 16.2. The highest BCUT2D eigenvalue weighted by Crippen LogP contribution is 2.40. The third kappa shape index (κ3) is 2.70. The molecule has 2 aromatic carbocycles. The van der Waals surface area contributed by atoms with Crippen molar-refractivity contribution >= 4 is 33.8 Å². The van der Waals surface area contributed by atoms with E-state index in [0.717, 1.165) is 45.5 Å². The summed E-state index contributed by atoms with van der Waals surface area (Å²) in [6.45, 7) is 6.59. The number of benzene rings is 2. The number of nitrogens with two attached hydrogens (primary N) is 1. The summed E-state index contributed by atoms with van der Waals surface area (Å²) in [5.74, 6) is 0.475. The van der Waals surface area contributed by atoms with Gasteiger partial charge in [-0.05, 0) is 41.3 Å². The molecule has 4 aromatic rings. The molecule has 1 aliphatic heterocycles. The van der Waals surface area contributed by atoms with E-state index in [9.17, 15) is 0 Å². The third-order valence-electron chi connectivity index (χ3n) is 5.48. The summed E-state index contributed by atoms with van der Waals surface area (Å²) in [5.41, 5.74) is 14.6. The number of hydrogen-bond acceptors (Lipinski definition) is 4. The Labute approximate surface area is 169 Å². The van der Waals surface area contributed by atoms with Gasteiger partial charge in [0, 0.05) is 34.9 Å². The SMILES string of the molecule is C=C1c2cc(-c3c[nH]c4ncnc(N)c34)ccc2C(CC)=CN1c1ccccc1. The van der Waals surface area contributed by atoms with E-state index >= 15 is 0 Å². The first-order chi connectivity index (χ1) is 14.2. The van der Waals surface area contributed by atoms with Gasteiger partial charge in [0.1, 0.15) is 17.8 Å². The largest absolute Gasteiger partial charge is 0.383 e. The maximum Gasteiger partial charge on any atom is 0.143 e. The number of aromatic amines is 1. The number of nitrogens with one attached hydrogen (secondary N) is 1. The molecule has 0 saturated heterocycles. The van der Waals surface area contributed by atoms with Crippen LogP contribution in [0.15, 0.2) is 73.8 Å². The van der Waals surface area contributed by atoms with Crippen LogP contribution in [0.5, 0.6) is 0 Å². The van der Waals surface area contributed by atoms with E-state index in [1.54, 1.807) is 0 Å². The minimum atomic E-state index is 0.475. The Balaban J connectivity index is 1.67. The van der Waals surface area contributed by atoms with Crippen molar-refractivity contribution in [3.05, 3.63) is 85.0 Å². The number of H-pyrrole nitrogens is 1. The van der Waals surface area contributed by atoms with Gasteiger partial charge in [-0.1, -0.05) is 43.8 Å². The second-order valence-electron chi connectivity index (χ2n) is 7.11. The lowest BCUT2D eigenvalue weighted by molar-refractivity contribution is 1.17. The summed E-state index contributed by atoms with van der Waals surface area (Å²) in [7, 11) is 0. The quantitative estimate of drug-likeness (QED) is 0.497. The molecule has 0 aliphatic carbocycles. The van der Waals surface area contributed by atoms with Crippen LogP contribution in [0.1, 0.15) is 24.5 Å².